The van der Waals surface area contributed by atoms with Crippen molar-refractivity contribution >= 4 is 5.96 Å². The lowest BCUT2D eigenvalue weighted by molar-refractivity contribution is 0.179. The van der Waals surface area contributed by atoms with E-state index < -0.39 is 6.10 Å². The molecule has 0 bridgehead atoms. The van der Waals surface area contributed by atoms with E-state index in [1.807, 2.05) is 65.8 Å². The molecule has 2 aromatic rings. The molecule has 0 aliphatic carbocycles. The van der Waals surface area contributed by atoms with Crippen molar-refractivity contribution in [2.24, 2.45) is 4.99 Å². The number of guanidine groups is 1. The quantitative estimate of drug-likeness (QED) is 0.460. The van der Waals surface area contributed by atoms with Gasteiger partial charge in [-0.25, -0.2) is 4.99 Å². The Labute approximate surface area is 172 Å². The Morgan fingerprint density at radius 1 is 1.28 bits per heavy atom. The van der Waals surface area contributed by atoms with E-state index in [1.165, 1.54) is 0 Å². The van der Waals surface area contributed by atoms with Gasteiger partial charge in [0, 0.05) is 18.5 Å². The molecule has 8 nitrogen and oxygen atoms in total. The zero-order chi connectivity index (χ0) is 21.4. The molecule has 0 fully saturated rings. The molecule has 0 radical (unpaired) electrons. The first-order valence-electron chi connectivity index (χ1n) is 9.99. The van der Waals surface area contributed by atoms with E-state index in [-0.39, 0.29) is 18.1 Å². The van der Waals surface area contributed by atoms with Crippen LogP contribution in [0.3, 0.4) is 0 Å². The highest BCUT2D eigenvalue weighted by Crippen LogP contribution is 2.20. The van der Waals surface area contributed by atoms with Gasteiger partial charge in [0.1, 0.15) is 12.3 Å². The topological polar surface area (TPSA) is 105 Å². The van der Waals surface area contributed by atoms with Crippen molar-refractivity contribution in [3.8, 4) is 5.75 Å². The molecule has 0 amide bonds. The number of aromatic nitrogens is 2. The maximum atomic E-state index is 10.5. The second kappa shape index (κ2) is 10.2. The van der Waals surface area contributed by atoms with Crippen molar-refractivity contribution in [2.45, 2.75) is 65.7 Å². The first-order valence-corrected chi connectivity index (χ1v) is 9.99. The molecule has 160 valence electrons. The molecule has 1 unspecified atom stereocenters. The third-order valence-corrected chi connectivity index (χ3v) is 3.91. The van der Waals surface area contributed by atoms with Crippen LogP contribution in [0.15, 0.2) is 33.8 Å². The SMILES string of the molecule is CCNC(=NCc1noc(C(C)(C)C)n1)NCC(O)c1cccc(OC(C)C)c1. The van der Waals surface area contributed by atoms with Crippen molar-refractivity contribution < 1.29 is 14.4 Å². The van der Waals surface area contributed by atoms with Crippen molar-refractivity contribution in [3.63, 3.8) is 0 Å². The summed E-state index contributed by atoms with van der Waals surface area (Å²) < 4.78 is 11.0. The number of rotatable bonds is 8. The second-order valence-electron chi connectivity index (χ2n) is 8.10. The van der Waals surface area contributed by atoms with E-state index in [4.69, 9.17) is 9.26 Å². The van der Waals surface area contributed by atoms with Crippen LogP contribution in [0.1, 0.15) is 64.9 Å². The first kappa shape index (κ1) is 22.7. The van der Waals surface area contributed by atoms with Crippen molar-refractivity contribution in [2.75, 3.05) is 13.1 Å². The molecule has 0 aliphatic heterocycles. The van der Waals surface area contributed by atoms with E-state index in [1.54, 1.807) is 0 Å². The van der Waals surface area contributed by atoms with Crippen LogP contribution in [0.5, 0.6) is 5.75 Å². The van der Waals surface area contributed by atoms with Gasteiger partial charge in [-0.2, -0.15) is 4.98 Å². The van der Waals surface area contributed by atoms with Crippen LogP contribution in [0.4, 0.5) is 0 Å². The van der Waals surface area contributed by atoms with E-state index in [9.17, 15) is 5.11 Å². The molecule has 2 rings (SSSR count). The minimum atomic E-state index is -0.702. The summed E-state index contributed by atoms with van der Waals surface area (Å²) in [4.78, 5) is 8.86. The van der Waals surface area contributed by atoms with Crippen LogP contribution in [0.2, 0.25) is 0 Å². The van der Waals surface area contributed by atoms with E-state index in [0.717, 1.165) is 11.3 Å². The van der Waals surface area contributed by atoms with Crippen LogP contribution in [-0.2, 0) is 12.0 Å². The Balaban J connectivity index is 1.97. The van der Waals surface area contributed by atoms with Gasteiger partial charge in [0.25, 0.3) is 0 Å². The van der Waals surface area contributed by atoms with Gasteiger partial charge < -0.3 is 25.0 Å². The lowest BCUT2D eigenvalue weighted by atomic mass is 9.97. The van der Waals surface area contributed by atoms with Gasteiger partial charge in [-0.15, -0.1) is 0 Å². The molecule has 1 aromatic heterocycles. The summed E-state index contributed by atoms with van der Waals surface area (Å²) in [5, 5.41) is 20.8. The monoisotopic (exact) mass is 403 g/mol. The number of benzene rings is 1. The lowest BCUT2D eigenvalue weighted by Crippen LogP contribution is -2.39. The Morgan fingerprint density at radius 2 is 2.03 bits per heavy atom. The average Bonchev–Trinajstić information content (AvgIpc) is 3.13. The fraction of sp³-hybridized carbons (Fsp3) is 0.571. The van der Waals surface area contributed by atoms with E-state index in [2.05, 4.69) is 25.8 Å². The summed E-state index contributed by atoms with van der Waals surface area (Å²) in [6.07, 6.45) is -0.621. The Kier molecular flexibility index (Phi) is 8.01. The zero-order valence-electron chi connectivity index (χ0n) is 18.2. The van der Waals surface area contributed by atoms with Crippen molar-refractivity contribution in [3.05, 3.63) is 41.5 Å². The van der Waals surface area contributed by atoms with Gasteiger partial charge in [0.2, 0.25) is 5.89 Å². The molecule has 29 heavy (non-hydrogen) atoms. The standard InChI is InChI=1S/C21H33N5O3/c1-7-22-20(24-13-18-25-19(29-26-18)21(4,5)6)23-12-17(27)15-9-8-10-16(11-15)28-14(2)3/h8-11,14,17,27H,7,12-13H2,1-6H3,(H2,22,23,24). The number of ether oxygens (including phenoxy) is 1. The fourth-order valence-electron chi connectivity index (χ4n) is 2.49. The number of nitrogens with one attached hydrogen (secondary N) is 2. The summed E-state index contributed by atoms with van der Waals surface area (Å²) in [5.41, 5.74) is 0.579. The molecular formula is C21H33N5O3. The maximum Gasteiger partial charge on any atom is 0.232 e. The largest absolute Gasteiger partial charge is 0.491 e. The predicted molar refractivity (Wildman–Crippen MR) is 113 cm³/mol. The normalized spacial score (nSPS) is 13.4. The number of nitrogens with zero attached hydrogens (tertiary/aromatic N) is 3. The third-order valence-electron chi connectivity index (χ3n) is 3.91. The molecule has 0 saturated heterocycles. The molecule has 0 aliphatic rings. The Morgan fingerprint density at radius 3 is 2.66 bits per heavy atom. The number of aliphatic imine (C=N–C) groups is 1. The minimum Gasteiger partial charge on any atom is -0.491 e. The highest BCUT2D eigenvalue weighted by Gasteiger charge is 2.21. The molecule has 3 N–H and O–H groups in total. The van der Waals surface area contributed by atoms with Crippen LogP contribution < -0.4 is 15.4 Å². The van der Waals surface area contributed by atoms with E-state index in [0.29, 0.717) is 30.8 Å². The van der Waals surface area contributed by atoms with Gasteiger partial charge >= 0.3 is 0 Å². The van der Waals surface area contributed by atoms with Crippen LogP contribution in [0, 0.1) is 0 Å². The molecule has 8 heteroatoms. The summed E-state index contributed by atoms with van der Waals surface area (Å²) in [6, 6.07) is 7.48. The van der Waals surface area contributed by atoms with Gasteiger partial charge in [-0.1, -0.05) is 38.1 Å². The number of aliphatic hydroxyl groups excluding tert-OH is 1. The summed E-state index contributed by atoms with van der Waals surface area (Å²) in [7, 11) is 0. The van der Waals surface area contributed by atoms with Crippen LogP contribution in [0.25, 0.3) is 0 Å². The molecule has 1 aromatic carbocycles. The summed E-state index contributed by atoms with van der Waals surface area (Å²) >= 11 is 0. The predicted octanol–water partition coefficient (Wildman–Crippen LogP) is 2.94. The zero-order valence-corrected chi connectivity index (χ0v) is 18.2. The Hall–Kier alpha value is -2.61. The van der Waals surface area contributed by atoms with Crippen LogP contribution in [-0.4, -0.2) is 40.4 Å². The van der Waals surface area contributed by atoms with Gasteiger partial charge in [-0.3, -0.25) is 0 Å². The fourth-order valence-corrected chi connectivity index (χ4v) is 2.49. The molecule has 1 heterocycles. The van der Waals surface area contributed by atoms with E-state index >= 15 is 0 Å². The van der Waals surface area contributed by atoms with Gasteiger partial charge in [-0.05, 0) is 38.5 Å². The summed E-state index contributed by atoms with van der Waals surface area (Å²) in [6.45, 7) is 13.2. The van der Waals surface area contributed by atoms with Crippen molar-refractivity contribution in [1.29, 1.82) is 0 Å². The summed E-state index contributed by atoms with van der Waals surface area (Å²) in [5.74, 6) is 2.41. The number of hydrogen-bond acceptors (Lipinski definition) is 6. The average molecular weight is 404 g/mol. The highest BCUT2D eigenvalue weighted by atomic mass is 16.5. The van der Waals surface area contributed by atoms with Gasteiger partial charge in [0.15, 0.2) is 11.8 Å². The maximum absolute atomic E-state index is 10.5. The molecular weight excluding hydrogens is 370 g/mol. The molecule has 0 saturated carbocycles. The number of aliphatic hydroxyl groups is 1. The second-order valence-corrected chi connectivity index (χ2v) is 8.10. The van der Waals surface area contributed by atoms with Crippen LogP contribution >= 0.6 is 0 Å². The third kappa shape index (κ3) is 7.38. The lowest BCUT2D eigenvalue weighted by Gasteiger charge is -2.17. The smallest absolute Gasteiger partial charge is 0.232 e. The number of hydrogen-bond donors (Lipinski definition) is 3. The van der Waals surface area contributed by atoms with Gasteiger partial charge in [0.05, 0.1) is 12.2 Å². The Bertz CT molecular complexity index is 796. The van der Waals surface area contributed by atoms with Crippen molar-refractivity contribution in [1.82, 2.24) is 20.8 Å². The molecule has 0 spiro atoms. The molecule has 1 atom stereocenters. The minimum absolute atomic E-state index is 0.0805. The highest BCUT2D eigenvalue weighted by molar-refractivity contribution is 5.79. The first-order chi connectivity index (χ1) is 13.7.